The predicted octanol–water partition coefficient (Wildman–Crippen LogP) is 3.15. The van der Waals surface area contributed by atoms with E-state index in [0.717, 1.165) is 22.3 Å². The van der Waals surface area contributed by atoms with Crippen molar-refractivity contribution in [2.75, 3.05) is 24.4 Å². The number of thiol groups is 1. The van der Waals surface area contributed by atoms with Gasteiger partial charge in [0.15, 0.2) is 10.7 Å². The van der Waals surface area contributed by atoms with E-state index in [1.165, 1.54) is 19.2 Å². The maximum atomic E-state index is 11.2. The van der Waals surface area contributed by atoms with Crippen LogP contribution in [0.4, 0.5) is 23.1 Å². The summed E-state index contributed by atoms with van der Waals surface area (Å²) in [5, 5.41) is 11.4. The van der Waals surface area contributed by atoms with Crippen LogP contribution in [0, 0.1) is 6.92 Å². The SMILES string of the molecule is COc1cc([SH](=O)=O)ccc1Nc1nccc(N(C)c2ccc3c(C)n[nH]c3c2)n1. The Bertz CT molecular complexity index is 1290. The molecule has 2 heterocycles. The number of benzene rings is 2. The number of hydrogen-bond acceptors (Lipinski definition) is 8. The van der Waals surface area contributed by atoms with E-state index in [-0.39, 0.29) is 4.90 Å². The first-order valence-corrected chi connectivity index (χ1v) is 10.2. The number of aryl methyl sites for hydroxylation is 1. The molecule has 0 unspecified atom stereocenters. The molecule has 4 aromatic rings. The number of anilines is 4. The Morgan fingerprint density at radius 1 is 1.13 bits per heavy atom. The first kappa shape index (κ1) is 19.6. The van der Waals surface area contributed by atoms with Gasteiger partial charge in [0, 0.05) is 30.4 Å². The summed E-state index contributed by atoms with van der Waals surface area (Å²) in [6.07, 6.45) is 1.65. The van der Waals surface area contributed by atoms with Crippen molar-refractivity contribution in [2.45, 2.75) is 11.8 Å². The normalized spacial score (nSPS) is 11.1. The van der Waals surface area contributed by atoms with Gasteiger partial charge in [0.2, 0.25) is 5.95 Å². The van der Waals surface area contributed by atoms with Crippen LogP contribution < -0.4 is 15.0 Å². The van der Waals surface area contributed by atoms with Crippen LogP contribution in [-0.2, 0) is 10.7 Å². The highest BCUT2D eigenvalue weighted by atomic mass is 32.2. The van der Waals surface area contributed by atoms with Gasteiger partial charge in [0.25, 0.3) is 0 Å². The fraction of sp³-hybridized carbons (Fsp3) is 0.150. The lowest BCUT2D eigenvalue weighted by Crippen LogP contribution is -2.12. The summed E-state index contributed by atoms with van der Waals surface area (Å²) < 4.78 is 27.7. The lowest BCUT2D eigenvalue weighted by Gasteiger charge is -2.19. The average molecular weight is 424 g/mol. The molecule has 4 rings (SSSR count). The van der Waals surface area contributed by atoms with Gasteiger partial charge in [-0.05, 0) is 43.3 Å². The summed E-state index contributed by atoms with van der Waals surface area (Å²) in [5.41, 5.74) is 3.41. The highest BCUT2D eigenvalue weighted by Crippen LogP contribution is 2.30. The standard InChI is InChI=1S/C20H20N6O3S/c1-12-15-6-4-13(10-17(15)25-24-12)26(2)19-8-9-21-20(23-19)22-16-7-5-14(30(27)28)11-18(16)29-3/h4-11,30H,1-3H3,(H,24,25)(H,21,22,23). The predicted molar refractivity (Wildman–Crippen MR) is 116 cm³/mol. The monoisotopic (exact) mass is 424 g/mol. The molecule has 2 aromatic heterocycles. The third-order valence-corrected chi connectivity index (χ3v) is 5.45. The minimum atomic E-state index is -2.69. The lowest BCUT2D eigenvalue weighted by atomic mass is 10.2. The summed E-state index contributed by atoms with van der Waals surface area (Å²) in [4.78, 5) is 10.9. The number of H-pyrrole nitrogens is 1. The first-order chi connectivity index (χ1) is 14.5. The maximum absolute atomic E-state index is 11.2. The van der Waals surface area contributed by atoms with Gasteiger partial charge >= 0.3 is 0 Å². The Morgan fingerprint density at radius 3 is 2.73 bits per heavy atom. The van der Waals surface area contributed by atoms with Crippen LogP contribution in [0.1, 0.15) is 5.69 Å². The molecule has 30 heavy (non-hydrogen) atoms. The quantitative estimate of drug-likeness (QED) is 0.405. The molecule has 0 aliphatic carbocycles. The zero-order valence-electron chi connectivity index (χ0n) is 16.6. The van der Waals surface area contributed by atoms with Gasteiger partial charge in [0.05, 0.1) is 28.9 Å². The van der Waals surface area contributed by atoms with Crippen molar-refractivity contribution >= 4 is 44.7 Å². The summed E-state index contributed by atoms with van der Waals surface area (Å²) in [7, 11) is 0.693. The number of hydrogen-bond donors (Lipinski definition) is 3. The maximum Gasteiger partial charge on any atom is 0.229 e. The van der Waals surface area contributed by atoms with Crippen LogP contribution in [-0.4, -0.2) is 42.7 Å². The number of nitrogens with one attached hydrogen (secondary N) is 2. The van der Waals surface area contributed by atoms with Crippen molar-refractivity contribution in [2.24, 2.45) is 0 Å². The summed E-state index contributed by atoms with van der Waals surface area (Å²) in [5.74, 6) is 1.42. The largest absolute Gasteiger partial charge is 0.495 e. The van der Waals surface area contributed by atoms with Crippen LogP contribution in [0.15, 0.2) is 53.6 Å². The van der Waals surface area contributed by atoms with E-state index in [9.17, 15) is 8.42 Å². The second kappa shape index (κ2) is 7.99. The second-order valence-electron chi connectivity index (χ2n) is 6.60. The zero-order valence-corrected chi connectivity index (χ0v) is 17.5. The van der Waals surface area contributed by atoms with Crippen molar-refractivity contribution in [3.63, 3.8) is 0 Å². The second-order valence-corrected chi connectivity index (χ2v) is 7.63. The van der Waals surface area contributed by atoms with Crippen molar-refractivity contribution in [3.05, 3.63) is 54.4 Å². The van der Waals surface area contributed by atoms with Gasteiger partial charge < -0.3 is 15.0 Å². The van der Waals surface area contributed by atoms with E-state index in [0.29, 0.717) is 23.2 Å². The van der Waals surface area contributed by atoms with E-state index < -0.39 is 10.7 Å². The lowest BCUT2D eigenvalue weighted by molar-refractivity contribution is 0.415. The average Bonchev–Trinajstić information content (AvgIpc) is 3.13. The molecule has 0 radical (unpaired) electrons. The van der Waals surface area contributed by atoms with Gasteiger partial charge in [0.1, 0.15) is 11.6 Å². The van der Waals surface area contributed by atoms with E-state index >= 15 is 0 Å². The highest BCUT2D eigenvalue weighted by Gasteiger charge is 2.12. The Balaban J connectivity index is 1.62. The molecule has 0 saturated carbocycles. The molecule has 0 fully saturated rings. The molecule has 0 saturated heterocycles. The Hall–Kier alpha value is -3.66. The summed E-state index contributed by atoms with van der Waals surface area (Å²) >= 11 is 0. The molecule has 0 aliphatic rings. The molecule has 0 spiro atoms. The molecule has 154 valence electrons. The third-order valence-electron chi connectivity index (χ3n) is 4.75. The molecule has 0 aliphatic heterocycles. The molecular formula is C20H20N6O3S. The minimum Gasteiger partial charge on any atom is -0.495 e. The fourth-order valence-electron chi connectivity index (χ4n) is 3.10. The van der Waals surface area contributed by atoms with Crippen molar-refractivity contribution in [1.82, 2.24) is 20.2 Å². The number of ether oxygens (including phenoxy) is 1. The number of fused-ring (bicyclic) bond motifs is 1. The summed E-state index contributed by atoms with van der Waals surface area (Å²) in [6.45, 7) is 1.96. The smallest absolute Gasteiger partial charge is 0.229 e. The molecule has 0 bridgehead atoms. The number of aromatic nitrogens is 4. The van der Waals surface area contributed by atoms with Gasteiger partial charge in [-0.15, -0.1) is 0 Å². The molecule has 9 nitrogen and oxygen atoms in total. The van der Waals surface area contributed by atoms with Gasteiger partial charge in [-0.3, -0.25) is 5.10 Å². The Morgan fingerprint density at radius 2 is 1.97 bits per heavy atom. The van der Waals surface area contributed by atoms with Crippen LogP contribution in [0.25, 0.3) is 10.9 Å². The van der Waals surface area contributed by atoms with E-state index in [4.69, 9.17) is 4.74 Å². The molecule has 2 aromatic carbocycles. The van der Waals surface area contributed by atoms with E-state index in [2.05, 4.69) is 25.5 Å². The first-order valence-electron chi connectivity index (χ1n) is 9.07. The van der Waals surface area contributed by atoms with Crippen molar-refractivity contribution < 1.29 is 13.2 Å². The Kier molecular flexibility index (Phi) is 5.23. The fourth-order valence-corrected chi connectivity index (χ4v) is 3.52. The van der Waals surface area contributed by atoms with E-state index in [1.54, 1.807) is 18.3 Å². The Labute approximate surface area is 174 Å². The number of methoxy groups -OCH3 is 1. The van der Waals surface area contributed by atoms with Gasteiger partial charge in [-0.1, -0.05) is 0 Å². The molecular weight excluding hydrogens is 404 g/mol. The van der Waals surface area contributed by atoms with E-state index in [1.807, 2.05) is 37.1 Å². The number of nitrogens with zero attached hydrogens (tertiary/aromatic N) is 4. The van der Waals surface area contributed by atoms with Crippen molar-refractivity contribution in [1.29, 1.82) is 0 Å². The van der Waals surface area contributed by atoms with Crippen molar-refractivity contribution in [3.8, 4) is 5.75 Å². The minimum absolute atomic E-state index is 0.172. The molecule has 0 amide bonds. The number of rotatable bonds is 6. The summed E-state index contributed by atoms with van der Waals surface area (Å²) in [6, 6.07) is 12.4. The van der Waals surface area contributed by atoms with Gasteiger partial charge in [-0.2, -0.15) is 10.1 Å². The molecule has 10 heteroatoms. The van der Waals surface area contributed by atoms with Gasteiger partial charge in [-0.25, -0.2) is 13.4 Å². The molecule has 0 atom stereocenters. The molecule has 2 N–H and O–H groups in total. The topological polar surface area (TPSA) is 113 Å². The van der Waals surface area contributed by atoms with Crippen LogP contribution >= 0.6 is 0 Å². The zero-order chi connectivity index (χ0) is 21.3. The van der Waals surface area contributed by atoms with Crippen LogP contribution in [0.5, 0.6) is 5.75 Å². The van der Waals surface area contributed by atoms with Crippen LogP contribution in [0.3, 0.4) is 0 Å². The number of aromatic amines is 1. The third kappa shape index (κ3) is 3.77. The van der Waals surface area contributed by atoms with Crippen LogP contribution in [0.2, 0.25) is 0 Å². The highest BCUT2D eigenvalue weighted by molar-refractivity contribution is 7.72.